The lowest BCUT2D eigenvalue weighted by atomic mass is 10.2. The van der Waals surface area contributed by atoms with Crippen LogP contribution in [0.5, 0.6) is 5.75 Å². The second kappa shape index (κ2) is 18.7. The van der Waals surface area contributed by atoms with Crippen LogP contribution in [0.3, 0.4) is 0 Å². The minimum atomic E-state index is -1.22. The van der Waals surface area contributed by atoms with Crippen molar-refractivity contribution < 1.29 is 23.4 Å². The van der Waals surface area contributed by atoms with Gasteiger partial charge in [-0.2, -0.15) is 4.99 Å². The number of para-hydroxylation sites is 1. The number of carbonyl (C=O) groups excluding carboxylic acids is 1. The van der Waals surface area contributed by atoms with Crippen LogP contribution in [0.2, 0.25) is 25.7 Å². The summed E-state index contributed by atoms with van der Waals surface area (Å²) in [5.74, 6) is 6.19. The van der Waals surface area contributed by atoms with E-state index in [1.807, 2.05) is 51.2 Å². The van der Waals surface area contributed by atoms with Gasteiger partial charge in [-0.15, -0.1) is 21.5 Å². The lowest BCUT2D eigenvalue weighted by molar-refractivity contribution is 0.0519. The summed E-state index contributed by atoms with van der Waals surface area (Å²) in [5.41, 5.74) is 2.72. The summed E-state index contributed by atoms with van der Waals surface area (Å²) in [6.45, 7) is 12.9. The fourth-order valence-electron chi connectivity index (χ4n) is 5.11. The molecule has 0 spiro atoms. The van der Waals surface area contributed by atoms with Crippen LogP contribution in [0.15, 0.2) is 53.5 Å². The Morgan fingerprint density at radius 3 is 2.57 bits per heavy atom. The Labute approximate surface area is 325 Å². The average Bonchev–Trinajstić information content (AvgIpc) is 3.71. The summed E-state index contributed by atoms with van der Waals surface area (Å²) >= 11 is 2.95. The van der Waals surface area contributed by atoms with Gasteiger partial charge in [0.25, 0.3) is 0 Å². The molecule has 3 heterocycles. The van der Waals surface area contributed by atoms with Crippen LogP contribution in [0.25, 0.3) is 10.2 Å². The van der Waals surface area contributed by atoms with Crippen LogP contribution < -0.4 is 14.4 Å². The predicted octanol–water partition coefficient (Wildman–Crippen LogP) is 7.81. The van der Waals surface area contributed by atoms with E-state index in [2.05, 4.69) is 63.4 Å². The number of aromatic nitrogens is 4. The van der Waals surface area contributed by atoms with Gasteiger partial charge in [0.2, 0.25) is 0 Å². The largest absolute Gasteiger partial charge is 0.491 e. The summed E-state index contributed by atoms with van der Waals surface area (Å²) in [6.07, 6.45) is 1.01. The Balaban J connectivity index is 1.30. The highest BCUT2D eigenvalue weighted by Gasteiger charge is 2.23. The number of halogens is 1. The molecular formula is C39H48FN7O4S2Si. The van der Waals surface area contributed by atoms with Crippen molar-refractivity contribution in [2.24, 2.45) is 4.99 Å². The van der Waals surface area contributed by atoms with Crippen LogP contribution in [0, 0.1) is 24.6 Å². The number of hydrogen-bond acceptors (Lipinski definition) is 12. The molecule has 0 saturated heterocycles. The highest BCUT2D eigenvalue weighted by molar-refractivity contribution is 7.16. The van der Waals surface area contributed by atoms with Crippen molar-refractivity contribution >= 4 is 63.7 Å². The van der Waals surface area contributed by atoms with Crippen LogP contribution in [0.1, 0.15) is 39.8 Å². The number of anilines is 2. The van der Waals surface area contributed by atoms with Gasteiger partial charge >= 0.3 is 5.97 Å². The van der Waals surface area contributed by atoms with Gasteiger partial charge in [-0.25, -0.2) is 14.2 Å². The van der Waals surface area contributed by atoms with E-state index in [1.165, 1.54) is 17.4 Å². The van der Waals surface area contributed by atoms with Gasteiger partial charge in [-0.05, 0) is 88.8 Å². The number of thiazole rings is 2. The first-order valence-corrected chi connectivity index (χ1v) is 23.2. The van der Waals surface area contributed by atoms with Gasteiger partial charge in [0, 0.05) is 32.2 Å². The molecule has 0 aliphatic carbocycles. The van der Waals surface area contributed by atoms with Crippen LogP contribution >= 0.6 is 22.7 Å². The smallest absolute Gasteiger partial charge is 0.358 e. The third-order valence-corrected chi connectivity index (χ3v) is 12.1. The van der Waals surface area contributed by atoms with Gasteiger partial charge in [0.15, 0.2) is 38.8 Å². The summed E-state index contributed by atoms with van der Waals surface area (Å²) in [5, 5.41) is 9.56. The van der Waals surface area contributed by atoms with E-state index in [0.29, 0.717) is 55.1 Å². The van der Waals surface area contributed by atoms with Crippen molar-refractivity contribution in [3.63, 3.8) is 0 Å². The molecular weight excluding hydrogens is 742 g/mol. The number of rotatable bonds is 16. The van der Waals surface area contributed by atoms with Gasteiger partial charge < -0.3 is 19.1 Å². The van der Waals surface area contributed by atoms with Crippen molar-refractivity contribution in [1.82, 2.24) is 24.6 Å². The zero-order valence-corrected chi connectivity index (χ0v) is 34.9. The van der Waals surface area contributed by atoms with Crippen molar-refractivity contribution in [3.8, 4) is 17.6 Å². The number of hydrogen-bond donors (Lipinski definition) is 0. The molecule has 0 bridgehead atoms. The molecule has 0 atom stereocenters. The van der Waals surface area contributed by atoms with Gasteiger partial charge in [0.1, 0.15) is 6.73 Å². The minimum Gasteiger partial charge on any atom is -0.491 e. The van der Waals surface area contributed by atoms with Gasteiger partial charge in [-0.3, -0.25) is 9.47 Å². The Morgan fingerprint density at radius 1 is 1.06 bits per heavy atom. The predicted molar refractivity (Wildman–Crippen MR) is 218 cm³/mol. The van der Waals surface area contributed by atoms with Crippen LogP contribution in [0.4, 0.5) is 21.2 Å². The third-order valence-electron chi connectivity index (χ3n) is 8.10. The third kappa shape index (κ3) is 11.0. The molecule has 0 amide bonds. The Bertz CT molecular complexity index is 2200. The number of esters is 1. The fourth-order valence-corrected chi connectivity index (χ4v) is 7.95. The van der Waals surface area contributed by atoms with Crippen LogP contribution in [-0.2, 0) is 22.6 Å². The van der Waals surface area contributed by atoms with E-state index in [9.17, 15) is 9.18 Å². The number of benzene rings is 2. The lowest BCUT2D eigenvalue weighted by Crippen LogP contribution is -2.23. The highest BCUT2D eigenvalue weighted by Crippen LogP contribution is 2.32. The lowest BCUT2D eigenvalue weighted by Gasteiger charge is -2.16. The van der Waals surface area contributed by atoms with Gasteiger partial charge in [-0.1, -0.05) is 55.0 Å². The summed E-state index contributed by atoms with van der Waals surface area (Å²) < 4.78 is 35.1. The number of carbonyl (C=O) groups is 1. The molecule has 0 N–H and O–H groups in total. The van der Waals surface area contributed by atoms with Crippen molar-refractivity contribution in [1.29, 1.82) is 0 Å². The first-order chi connectivity index (χ1) is 25.8. The number of ether oxygens (including phenoxy) is 3. The molecule has 2 aromatic carbocycles. The molecule has 5 rings (SSSR count). The molecule has 0 unspecified atom stereocenters. The Hall–Kier alpha value is -4.46. The van der Waals surface area contributed by atoms with Crippen LogP contribution in [-0.4, -0.2) is 86.2 Å². The molecule has 0 aliphatic rings. The maximum Gasteiger partial charge on any atom is 0.358 e. The van der Waals surface area contributed by atoms with E-state index < -0.39 is 19.9 Å². The zero-order chi connectivity index (χ0) is 38.8. The van der Waals surface area contributed by atoms with E-state index in [1.54, 1.807) is 35.3 Å². The van der Waals surface area contributed by atoms with Crippen molar-refractivity contribution in [2.45, 2.75) is 59.1 Å². The van der Waals surface area contributed by atoms with Crippen molar-refractivity contribution in [3.05, 3.63) is 80.8 Å². The first-order valence-electron chi connectivity index (χ1n) is 17.8. The van der Waals surface area contributed by atoms with E-state index in [-0.39, 0.29) is 24.7 Å². The number of aryl methyl sites for hydroxylation is 2. The Morgan fingerprint density at radius 2 is 1.85 bits per heavy atom. The molecule has 0 radical (unpaired) electrons. The first kappa shape index (κ1) is 40.7. The normalized spacial score (nSPS) is 11.9. The maximum absolute atomic E-state index is 14.7. The summed E-state index contributed by atoms with van der Waals surface area (Å²) in [6, 6.07) is 15.9. The Kier molecular flexibility index (Phi) is 14.1. The molecule has 15 heteroatoms. The molecule has 54 heavy (non-hydrogen) atoms. The molecule has 286 valence electrons. The minimum absolute atomic E-state index is 0.153. The SMILES string of the molecule is CCOC(=O)c1nc(N(C)c2cc(C)c(N=c3sc4ccccc4n3COCC[Si](C)(C)C)nn2)sc1CCCOc1ccc(C#CCN(C)C)cc1F. The average molecular weight is 790 g/mol. The molecule has 3 aromatic heterocycles. The standard InChI is InChI=1S/C39H48FN7O4S2Si/c1-9-50-37(48)35-33(17-13-21-51-31-19-18-28(25-29(31)40)14-12-20-45(3)4)53-38(41-35)46(5)34-24-27(2)36(44-43-34)42-39-47(26-49-22-23-54(6,7)8)30-15-10-11-16-32(30)52-39/h10-11,15-16,18-19,24-25H,9,13,17,20-23,26H2,1-8H3. The molecule has 0 aliphatic heterocycles. The van der Waals surface area contributed by atoms with E-state index in [4.69, 9.17) is 19.2 Å². The maximum atomic E-state index is 14.7. The highest BCUT2D eigenvalue weighted by atomic mass is 32.1. The van der Waals surface area contributed by atoms with Crippen molar-refractivity contribution in [2.75, 3.05) is 52.4 Å². The summed E-state index contributed by atoms with van der Waals surface area (Å²) in [4.78, 5) is 27.8. The molecule has 11 nitrogen and oxygen atoms in total. The van der Waals surface area contributed by atoms with Gasteiger partial charge in [0.05, 0.1) is 30.0 Å². The second-order valence-corrected chi connectivity index (χ2v) is 21.8. The molecule has 5 aromatic rings. The van der Waals surface area contributed by atoms with E-state index >= 15 is 0 Å². The second-order valence-electron chi connectivity index (χ2n) is 14.1. The van der Waals surface area contributed by atoms with E-state index in [0.717, 1.165) is 31.5 Å². The number of fused-ring (bicyclic) bond motifs is 1. The quantitative estimate of drug-likeness (QED) is 0.0428. The number of nitrogens with zero attached hydrogens (tertiary/aromatic N) is 7. The molecule has 0 fully saturated rings. The summed E-state index contributed by atoms with van der Waals surface area (Å²) in [7, 11) is 4.46. The molecule has 0 saturated carbocycles. The monoisotopic (exact) mass is 789 g/mol. The zero-order valence-electron chi connectivity index (χ0n) is 32.2. The fraction of sp³-hybridized carbons (Fsp3) is 0.410. The topological polar surface area (TPSA) is 107 Å².